The number of nitrogens with zero attached hydrogens (tertiary/aromatic N) is 1. The average molecular weight is 263 g/mol. The molecule has 0 aliphatic heterocycles. The van der Waals surface area contributed by atoms with Gasteiger partial charge in [0.2, 0.25) is 0 Å². The molecule has 3 rings (SSSR count). The number of halogens is 1. The van der Waals surface area contributed by atoms with Crippen LogP contribution in [0.15, 0.2) is 30.5 Å². The Hall–Kier alpha value is -0.990. The maximum atomic E-state index is 6.18. The van der Waals surface area contributed by atoms with Crippen LogP contribution in [0.2, 0.25) is 5.02 Å². The molecule has 0 radical (unpaired) electrons. The standard InChI is InChI=1S/C15H19ClN2/c16-14-6-3-7-15-13(14)8-10-18(15)11-9-17-12-4-1-2-5-12/h3,6-8,10,12,17H,1-2,4-5,9,11H2. The van der Waals surface area contributed by atoms with Gasteiger partial charge in [-0.15, -0.1) is 0 Å². The maximum Gasteiger partial charge on any atom is 0.0499 e. The number of benzene rings is 1. The van der Waals surface area contributed by atoms with Gasteiger partial charge in [-0.1, -0.05) is 30.5 Å². The van der Waals surface area contributed by atoms with Crippen molar-refractivity contribution < 1.29 is 0 Å². The topological polar surface area (TPSA) is 17.0 Å². The maximum absolute atomic E-state index is 6.18. The second-order valence-electron chi connectivity index (χ2n) is 5.12. The van der Waals surface area contributed by atoms with Crippen LogP contribution in [0.4, 0.5) is 0 Å². The quantitative estimate of drug-likeness (QED) is 0.886. The van der Waals surface area contributed by atoms with E-state index >= 15 is 0 Å². The molecule has 96 valence electrons. The zero-order chi connectivity index (χ0) is 12.4. The van der Waals surface area contributed by atoms with Gasteiger partial charge in [0, 0.05) is 41.3 Å². The summed E-state index contributed by atoms with van der Waals surface area (Å²) in [7, 11) is 0. The highest BCUT2D eigenvalue weighted by Crippen LogP contribution is 2.24. The molecular weight excluding hydrogens is 244 g/mol. The molecule has 0 unspecified atom stereocenters. The predicted octanol–water partition coefficient (Wildman–Crippen LogP) is 3.83. The summed E-state index contributed by atoms with van der Waals surface area (Å²) in [5.41, 5.74) is 1.23. The van der Waals surface area contributed by atoms with E-state index in [1.807, 2.05) is 12.1 Å². The zero-order valence-corrected chi connectivity index (χ0v) is 11.3. The molecule has 2 nitrogen and oxygen atoms in total. The van der Waals surface area contributed by atoms with Crippen LogP contribution in [0, 0.1) is 0 Å². The Balaban J connectivity index is 1.65. The SMILES string of the molecule is Clc1cccc2c1ccn2CCNC1CCCC1. The molecule has 0 spiro atoms. The van der Waals surface area contributed by atoms with Crippen molar-refractivity contribution in [2.75, 3.05) is 6.54 Å². The number of rotatable bonds is 4. The van der Waals surface area contributed by atoms with E-state index in [1.165, 1.54) is 31.2 Å². The summed E-state index contributed by atoms with van der Waals surface area (Å²) in [6.07, 6.45) is 7.60. The molecule has 1 fully saturated rings. The van der Waals surface area contributed by atoms with E-state index in [4.69, 9.17) is 11.6 Å². The summed E-state index contributed by atoms with van der Waals surface area (Å²) in [4.78, 5) is 0. The minimum atomic E-state index is 0.746. The summed E-state index contributed by atoms with van der Waals surface area (Å²) in [5.74, 6) is 0. The van der Waals surface area contributed by atoms with Crippen molar-refractivity contribution in [3.63, 3.8) is 0 Å². The van der Waals surface area contributed by atoms with E-state index in [0.717, 1.165) is 29.5 Å². The minimum absolute atomic E-state index is 0.746. The van der Waals surface area contributed by atoms with Crippen LogP contribution in [-0.2, 0) is 6.54 Å². The second-order valence-corrected chi connectivity index (χ2v) is 5.52. The molecule has 1 aromatic carbocycles. The van der Waals surface area contributed by atoms with Crippen molar-refractivity contribution in [1.29, 1.82) is 0 Å². The van der Waals surface area contributed by atoms with Gasteiger partial charge in [-0.2, -0.15) is 0 Å². The monoisotopic (exact) mass is 262 g/mol. The molecule has 18 heavy (non-hydrogen) atoms. The first-order valence-electron chi connectivity index (χ1n) is 6.81. The summed E-state index contributed by atoms with van der Waals surface area (Å²) in [6, 6.07) is 8.95. The van der Waals surface area contributed by atoms with Crippen molar-refractivity contribution >= 4 is 22.5 Å². The first-order valence-corrected chi connectivity index (χ1v) is 7.19. The number of fused-ring (bicyclic) bond motifs is 1. The van der Waals surface area contributed by atoms with E-state index < -0.39 is 0 Å². The van der Waals surface area contributed by atoms with Crippen molar-refractivity contribution in [1.82, 2.24) is 9.88 Å². The van der Waals surface area contributed by atoms with Crippen LogP contribution in [0.5, 0.6) is 0 Å². The first-order chi connectivity index (χ1) is 8.84. The summed E-state index contributed by atoms with van der Waals surface area (Å²) in [5, 5.41) is 5.64. The van der Waals surface area contributed by atoms with Gasteiger partial charge < -0.3 is 9.88 Å². The lowest BCUT2D eigenvalue weighted by molar-refractivity contribution is 0.501. The van der Waals surface area contributed by atoms with E-state index in [0.29, 0.717) is 0 Å². The van der Waals surface area contributed by atoms with Crippen LogP contribution < -0.4 is 5.32 Å². The Morgan fingerprint density at radius 1 is 1.22 bits per heavy atom. The van der Waals surface area contributed by atoms with Gasteiger partial charge in [-0.3, -0.25) is 0 Å². The molecule has 0 bridgehead atoms. The van der Waals surface area contributed by atoms with Gasteiger partial charge in [0.15, 0.2) is 0 Å². The molecule has 2 aromatic rings. The molecule has 1 aliphatic carbocycles. The summed E-state index contributed by atoms with van der Waals surface area (Å²) >= 11 is 6.18. The zero-order valence-electron chi connectivity index (χ0n) is 10.5. The van der Waals surface area contributed by atoms with Crippen LogP contribution in [0.1, 0.15) is 25.7 Å². The van der Waals surface area contributed by atoms with Gasteiger partial charge in [-0.05, 0) is 31.0 Å². The van der Waals surface area contributed by atoms with E-state index in [-0.39, 0.29) is 0 Å². The van der Waals surface area contributed by atoms with Crippen LogP contribution >= 0.6 is 11.6 Å². The normalized spacial score (nSPS) is 16.7. The molecule has 0 atom stereocenters. The van der Waals surface area contributed by atoms with Crippen LogP contribution in [-0.4, -0.2) is 17.2 Å². The Bertz CT molecular complexity index is 526. The summed E-state index contributed by atoms with van der Waals surface area (Å²) < 4.78 is 2.28. The Labute approximate surface area is 113 Å². The largest absolute Gasteiger partial charge is 0.346 e. The fourth-order valence-electron chi connectivity index (χ4n) is 2.90. The minimum Gasteiger partial charge on any atom is -0.346 e. The van der Waals surface area contributed by atoms with Crippen molar-refractivity contribution in [2.24, 2.45) is 0 Å². The van der Waals surface area contributed by atoms with Crippen molar-refractivity contribution in [2.45, 2.75) is 38.3 Å². The van der Waals surface area contributed by atoms with Gasteiger partial charge in [-0.25, -0.2) is 0 Å². The number of nitrogens with one attached hydrogen (secondary N) is 1. The third kappa shape index (κ3) is 2.40. The van der Waals surface area contributed by atoms with Crippen LogP contribution in [0.3, 0.4) is 0 Å². The Morgan fingerprint density at radius 2 is 2.06 bits per heavy atom. The van der Waals surface area contributed by atoms with Crippen LogP contribution in [0.25, 0.3) is 10.9 Å². The smallest absolute Gasteiger partial charge is 0.0499 e. The molecule has 1 heterocycles. The van der Waals surface area contributed by atoms with Gasteiger partial charge in [0.25, 0.3) is 0 Å². The van der Waals surface area contributed by atoms with Gasteiger partial charge in [0.1, 0.15) is 0 Å². The third-order valence-corrected chi connectivity index (χ3v) is 4.23. The first kappa shape index (κ1) is 12.1. The molecule has 1 aromatic heterocycles. The lowest BCUT2D eigenvalue weighted by Crippen LogP contribution is -2.29. The Morgan fingerprint density at radius 3 is 2.89 bits per heavy atom. The second kappa shape index (κ2) is 5.33. The molecule has 3 heteroatoms. The number of aromatic nitrogens is 1. The molecular formula is C15H19ClN2. The molecule has 0 saturated heterocycles. The molecule has 1 N–H and O–H groups in total. The Kier molecular flexibility index (Phi) is 3.57. The fourth-order valence-corrected chi connectivity index (χ4v) is 3.13. The highest BCUT2D eigenvalue weighted by Gasteiger charge is 2.13. The highest BCUT2D eigenvalue weighted by atomic mass is 35.5. The molecule has 0 amide bonds. The number of hydrogen-bond acceptors (Lipinski definition) is 1. The predicted molar refractivity (Wildman–Crippen MR) is 77.2 cm³/mol. The molecule has 1 saturated carbocycles. The van der Waals surface area contributed by atoms with Crippen molar-refractivity contribution in [3.05, 3.63) is 35.5 Å². The van der Waals surface area contributed by atoms with E-state index in [2.05, 4.69) is 28.2 Å². The van der Waals surface area contributed by atoms with E-state index in [1.54, 1.807) is 0 Å². The number of hydrogen-bond donors (Lipinski definition) is 1. The highest BCUT2D eigenvalue weighted by molar-refractivity contribution is 6.35. The lowest BCUT2D eigenvalue weighted by Gasteiger charge is -2.12. The van der Waals surface area contributed by atoms with Crippen molar-refractivity contribution in [3.8, 4) is 0 Å². The van der Waals surface area contributed by atoms with Gasteiger partial charge >= 0.3 is 0 Å². The average Bonchev–Trinajstić information content (AvgIpc) is 3.00. The van der Waals surface area contributed by atoms with E-state index in [9.17, 15) is 0 Å². The molecule has 1 aliphatic rings. The third-order valence-electron chi connectivity index (χ3n) is 3.90. The summed E-state index contributed by atoms with van der Waals surface area (Å²) in [6.45, 7) is 2.06. The lowest BCUT2D eigenvalue weighted by atomic mass is 10.2. The van der Waals surface area contributed by atoms with Gasteiger partial charge in [0.05, 0.1) is 0 Å². The fraction of sp³-hybridized carbons (Fsp3) is 0.467.